The molecule has 4 rings (SSSR count). The lowest BCUT2D eigenvalue weighted by Crippen LogP contribution is -2.40. The maximum Gasteiger partial charge on any atom is 0.341 e. The van der Waals surface area contributed by atoms with Crippen LogP contribution in [0.2, 0.25) is 0 Å². The topological polar surface area (TPSA) is 144 Å². The number of hydrazone groups is 1. The molecule has 2 fully saturated rings. The molecule has 13 heteroatoms. The van der Waals surface area contributed by atoms with Crippen LogP contribution in [-0.2, 0) is 14.3 Å². The van der Waals surface area contributed by atoms with Gasteiger partial charge in [0, 0.05) is 26.2 Å². The van der Waals surface area contributed by atoms with Gasteiger partial charge in [-0.3, -0.25) is 0 Å². The highest BCUT2D eigenvalue weighted by atomic mass is 16.5. The van der Waals surface area contributed by atoms with Gasteiger partial charge in [-0.15, -0.1) is 0 Å². The first-order valence-corrected chi connectivity index (χ1v) is 10.9. The fourth-order valence-corrected chi connectivity index (χ4v) is 3.40. The predicted molar refractivity (Wildman–Crippen MR) is 123 cm³/mol. The highest BCUT2D eigenvalue weighted by molar-refractivity contribution is 5.81. The Morgan fingerprint density at radius 1 is 1.06 bits per heavy atom. The molecular formula is C21H27N7O6. The first kappa shape index (κ1) is 23.4. The Labute approximate surface area is 196 Å². The van der Waals surface area contributed by atoms with Crippen LogP contribution >= 0.6 is 0 Å². The number of anilines is 3. The van der Waals surface area contributed by atoms with E-state index in [2.05, 4.69) is 35.3 Å². The summed E-state index contributed by atoms with van der Waals surface area (Å²) in [6.07, 6.45) is 1.58. The number of carboxylic acids is 1. The van der Waals surface area contributed by atoms with Gasteiger partial charge in [-0.25, -0.2) is 10.2 Å². The number of nitrogens with one attached hydrogen (secondary N) is 1. The molecule has 0 amide bonds. The van der Waals surface area contributed by atoms with E-state index >= 15 is 0 Å². The van der Waals surface area contributed by atoms with E-state index in [9.17, 15) is 4.79 Å². The van der Waals surface area contributed by atoms with Gasteiger partial charge in [-0.2, -0.15) is 20.1 Å². The minimum atomic E-state index is -1.07. The fraction of sp³-hybridized carbons (Fsp3) is 0.476. The minimum Gasteiger partial charge on any atom is -0.493 e. The molecule has 0 atom stereocenters. The maximum absolute atomic E-state index is 10.7. The summed E-state index contributed by atoms with van der Waals surface area (Å²) in [4.78, 5) is 28.6. The van der Waals surface area contributed by atoms with Gasteiger partial charge in [0.15, 0.2) is 18.1 Å². The number of rotatable bonds is 9. The van der Waals surface area contributed by atoms with Crippen LogP contribution in [0.25, 0.3) is 0 Å². The number of methoxy groups -OCH3 is 1. The average Bonchev–Trinajstić information content (AvgIpc) is 2.88. The summed E-state index contributed by atoms with van der Waals surface area (Å²) in [5, 5.41) is 13.1. The molecule has 0 bridgehead atoms. The average molecular weight is 473 g/mol. The van der Waals surface area contributed by atoms with Gasteiger partial charge in [-0.1, -0.05) is 0 Å². The molecule has 0 saturated carbocycles. The maximum atomic E-state index is 10.7. The standard InChI is InChI=1S/C21H27N7O6/c1-31-17-12-15(2-3-16(17)34-14-18(29)30)13-22-26-19-23-20(27-4-8-32-9-5-27)25-21(24-19)28-6-10-33-11-7-28/h2-3,12-13H,4-11,14H2,1H3,(H,29,30)(H,23,24,25,26)/b22-13-. The van der Waals surface area contributed by atoms with Crippen LogP contribution in [0.5, 0.6) is 11.5 Å². The van der Waals surface area contributed by atoms with E-state index < -0.39 is 12.6 Å². The number of aliphatic carboxylic acids is 1. The van der Waals surface area contributed by atoms with Crippen molar-refractivity contribution in [1.29, 1.82) is 0 Å². The number of aromatic nitrogens is 3. The van der Waals surface area contributed by atoms with Crippen molar-refractivity contribution in [2.24, 2.45) is 5.10 Å². The molecule has 0 radical (unpaired) electrons. The largest absolute Gasteiger partial charge is 0.493 e. The number of benzene rings is 1. The first-order valence-electron chi connectivity index (χ1n) is 10.9. The summed E-state index contributed by atoms with van der Waals surface area (Å²) < 4.78 is 21.4. The van der Waals surface area contributed by atoms with Gasteiger partial charge in [0.25, 0.3) is 0 Å². The molecule has 0 aliphatic carbocycles. The Morgan fingerprint density at radius 3 is 2.24 bits per heavy atom. The zero-order chi connectivity index (χ0) is 23.8. The van der Waals surface area contributed by atoms with Crippen LogP contribution in [0, 0.1) is 0 Å². The second-order valence-electron chi connectivity index (χ2n) is 7.42. The Morgan fingerprint density at radius 2 is 1.68 bits per heavy atom. The number of ether oxygens (including phenoxy) is 4. The van der Waals surface area contributed by atoms with Crippen LogP contribution in [0.15, 0.2) is 23.3 Å². The molecule has 2 aromatic rings. The highest BCUT2D eigenvalue weighted by Gasteiger charge is 2.20. The predicted octanol–water partition coefficient (Wildman–Crippen LogP) is 0.463. The van der Waals surface area contributed by atoms with E-state index in [-0.39, 0.29) is 0 Å². The summed E-state index contributed by atoms with van der Waals surface area (Å²) in [7, 11) is 1.48. The van der Waals surface area contributed by atoms with E-state index in [1.807, 2.05) is 0 Å². The van der Waals surface area contributed by atoms with Crippen molar-refractivity contribution < 1.29 is 28.8 Å². The monoisotopic (exact) mass is 473 g/mol. The fourth-order valence-electron chi connectivity index (χ4n) is 3.40. The van der Waals surface area contributed by atoms with Crippen molar-refractivity contribution in [2.45, 2.75) is 0 Å². The number of hydrogen-bond acceptors (Lipinski definition) is 12. The Kier molecular flexibility index (Phi) is 7.88. The molecule has 0 unspecified atom stereocenters. The normalized spacial score (nSPS) is 16.5. The van der Waals surface area contributed by atoms with Gasteiger partial charge < -0.3 is 33.9 Å². The smallest absolute Gasteiger partial charge is 0.341 e. The number of hydrogen-bond donors (Lipinski definition) is 2. The van der Waals surface area contributed by atoms with Crippen molar-refractivity contribution in [2.75, 3.05) is 81.5 Å². The third-order valence-corrected chi connectivity index (χ3v) is 5.12. The van der Waals surface area contributed by atoms with E-state index in [0.717, 1.165) is 0 Å². The van der Waals surface area contributed by atoms with Crippen molar-refractivity contribution >= 4 is 30.0 Å². The lowest BCUT2D eigenvalue weighted by molar-refractivity contribution is -0.139. The van der Waals surface area contributed by atoms with E-state index in [1.165, 1.54) is 7.11 Å². The van der Waals surface area contributed by atoms with Gasteiger partial charge in [0.1, 0.15) is 0 Å². The molecule has 1 aromatic carbocycles. The molecular weight excluding hydrogens is 446 g/mol. The van der Waals surface area contributed by atoms with Gasteiger partial charge in [0.2, 0.25) is 17.8 Å². The molecule has 0 spiro atoms. The molecule has 2 aliphatic heterocycles. The van der Waals surface area contributed by atoms with Crippen LogP contribution < -0.4 is 24.7 Å². The summed E-state index contributed by atoms with van der Waals surface area (Å²) in [5.41, 5.74) is 3.60. The number of nitrogens with zero attached hydrogens (tertiary/aromatic N) is 6. The summed E-state index contributed by atoms with van der Waals surface area (Å²) in [6.45, 7) is 4.82. The van der Waals surface area contributed by atoms with Crippen molar-refractivity contribution in [3.8, 4) is 11.5 Å². The Bertz CT molecular complexity index is 973. The molecule has 182 valence electrons. The Hall–Kier alpha value is -3.71. The SMILES string of the molecule is COc1cc(/C=N\Nc2nc(N3CCOCC3)nc(N3CCOCC3)n2)ccc1OCC(=O)O. The zero-order valence-corrected chi connectivity index (χ0v) is 18.8. The Balaban J connectivity index is 1.50. The molecule has 1 aromatic heterocycles. The van der Waals surface area contributed by atoms with Gasteiger partial charge in [-0.05, 0) is 23.8 Å². The zero-order valence-electron chi connectivity index (χ0n) is 18.8. The van der Waals surface area contributed by atoms with Crippen molar-refractivity contribution in [3.63, 3.8) is 0 Å². The minimum absolute atomic E-state index is 0.322. The molecule has 13 nitrogen and oxygen atoms in total. The highest BCUT2D eigenvalue weighted by Crippen LogP contribution is 2.27. The summed E-state index contributed by atoms with van der Waals surface area (Å²) in [5.74, 6) is 1.12. The molecule has 3 heterocycles. The van der Waals surface area contributed by atoms with E-state index in [0.29, 0.717) is 87.5 Å². The lowest BCUT2D eigenvalue weighted by Gasteiger charge is -2.30. The van der Waals surface area contributed by atoms with E-state index in [4.69, 9.17) is 24.1 Å². The molecule has 2 aliphatic rings. The lowest BCUT2D eigenvalue weighted by atomic mass is 10.2. The molecule has 2 N–H and O–H groups in total. The number of morpholine rings is 2. The first-order chi connectivity index (χ1) is 16.6. The quantitative estimate of drug-likeness (QED) is 0.386. The third-order valence-electron chi connectivity index (χ3n) is 5.12. The summed E-state index contributed by atoms with van der Waals surface area (Å²) in [6, 6.07) is 5.05. The second-order valence-corrected chi connectivity index (χ2v) is 7.42. The van der Waals surface area contributed by atoms with Crippen LogP contribution in [0.1, 0.15) is 5.56 Å². The van der Waals surface area contributed by atoms with Gasteiger partial charge in [0.05, 0.1) is 39.8 Å². The van der Waals surface area contributed by atoms with Gasteiger partial charge >= 0.3 is 5.97 Å². The van der Waals surface area contributed by atoms with Crippen LogP contribution in [-0.4, -0.2) is 98.6 Å². The summed E-state index contributed by atoms with van der Waals surface area (Å²) >= 11 is 0. The number of carboxylic acid groups (broad SMARTS) is 1. The van der Waals surface area contributed by atoms with Crippen molar-refractivity contribution in [1.82, 2.24) is 15.0 Å². The molecule has 34 heavy (non-hydrogen) atoms. The van der Waals surface area contributed by atoms with Crippen molar-refractivity contribution in [3.05, 3.63) is 23.8 Å². The number of carbonyl (C=O) groups is 1. The van der Waals surface area contributed by atoms with Crippen LogP contribution in [0.3, 0.4) is 0 Å². The molecule has 2 saturated heterocycles. The third kappa shape index (κ3) is 6.20. The van der Waals surface area contributed by atoms with Crippen LogP contribution in [0.4, 0.5) is 17.8 Å². The van der Waals surface area contributed by atoms with E-state index in [1.54, 1.807) is 24.4 Å². The second kappa shape index (κ2) is 11.4.